The van der Waals surface area contributed by atoms with Gasteiger partial charge in [0.25, 0.3) is 5.91 Å². The molecule has 0 spiro atoms. The number of benzene rings is 2. The Balaban J connectivity index is 1.54. The Kier molecular flexibility index (Phi) is 6.81. The Labute approximate surface area is 198 Å². The smallest absolute Gasteiger partial charge is 0.387 e. The number of allylic oxidation sites excluding steroid dienone is 1. The highest BCUT2D eigenvalue weighted by Crippen LogP contribution is 2.25. The third-order valence-corrected chi connectivity index (χ3v) is 5.26. The van der Waals surface area contributed by atoms with Crippen molar-refractivity contribution in [1.82, 2.24) is 14.7 Å². The summed E-state index contributed by atoms with van der Waals surface area (Å²) >= 11 is 0. The van der Waals surface area contributed by atoms with Gasteiger partial charge in [-0.15, -0.1) is 0 Å². The number of hydrogen-bond acceptors (Lipinski definition) is 5. The van der Waals surface area contributed by atoms with Gasteiger partial charge in [0.1, 0.15) is 17.2 Å². The molecule has 0 saturated heterocycles. The number of aromatic nitrogens is 2. The fourth-order valence-electron chi connectivity index (χ4n) is 3.56. The summed E-state index contributed by atoms with van der Waals surface area (Å²) in [5.41, 5.74) is 8.82. The van der Waals surface area contributed by atoms with Crippen LogP contribution in [0.5, 0.6) is 5.75 Å². The van der Waals surface area contributed by atoms with Gasteiger partial charge in [0.15, 0.2) is 0 Å². The van der Waals surface area contributed by atoms with Crippen LogP contribution in [-0.2, 0) is 6.54 Å². The van der Waals surface area contributed by atoms with Crippen LogP contribution in [-0.4, -0.2) is 28.1 Å². The lowest BCUT2D eigenvalue weighted by Crippen LogP contribution is -2.23. The molecular formula is C25H20F3N5O2. The highest BCUT2D eigenvalue weighted by Gasteiger charge is 2.15. The van der Waals surface area contributed by atoms with E-state index in [1.807, 2.05) is 0 Å². The maximum absolute atomic E-state index is 14.9. The molecular weight excluding hydrogens is 459 g/mol. The van der Waals surface area contributed by atoms with Crippen LogP contribution in [0.25, 0.3) is 22.5 Å². The summed E-state index contributed by atoms with van der Waals surface area (Å²) in [6, 6.07) is 13.6. The van der Waals surface area contributed by atoms with Crippen molar-refractivity contribution in [2.24, 2.45) is 5.73 Å². The summed E-state index contributed by atoms with van der Waals surface area (Å²) in [5.74, 6) is -1.42. The molecule has 0 radical (unpaired) electrons. The first kappa shape index (κ1) is 23.6. The zero-order chi connectivity index (χ0) is 24.9. The van der Waals surface area contributed by atoms with Gasteiger partial charge in [0, 0.05) is 41.9 Å². The predicted octanol–water partition coefficient (Wildman–Crippen LogP) is 4.62. The monoisotopic (exact) mass is 479 g/mol. The van der Waals surface area contributed by atoms with E-state index in [-0.39, 0.29) is 17.9 Å². The Bertz CT molecular complexity index is 1430. The normalized spacial score (nSPS) is 11.6. The van der Waals surface area contributed by atoms with Crippen LogP contribution in [0.1, 0.15) is 21.5 Å². The summed E-state index contributed by atoms with van der Waals surface area (Å²) in [5, 5.41) is 10.1. The lowest BCUT2D eigenvalue weighted by molar-refractivity contribution is -0.0498. The van der Waals surface area contributed by atoms with E-state index in [1.165, 1.54) is 36.5 Å². The van der Waals surface area contributed by atoms with E-state index in [0.717, 1.165) is 6.21 Å². The molecule has 0 bridgehead atoms. The molecule has 178 valence electrons. The highest BCUT2D eigenvalue weighted by molar-refractivity contribution is 6.08. The number of imidazole rings is 1. The van der Waals surface area contributed by atoms with Gasteiger partial charge in [0.05, 0.1) is 17.5 Å². The fraction of sp³-hybridized carbons (Fsp3) is 0.0800. The summed E-state index contributed by atoms with van der Waals surface area (Å²) in [7, 11) is 0. The second kappa shape index (κ2) is 10.1. The zero-order valence-corrected chi connectivity index (χ0v) is 18.2. The Morgan fingerprint density at radius 2 is 2.03 bits per heavy atom. The van der Waals surface area contributed by atoms with E-state index in [1.54, 1.807) is 41.1 Å². The van der Waals surface area contributed by atoms with Gasteiger partial charge in [-0.2, -0.15) is 8.78 Å². The molecule has 35 heavy (non-hydrogen) atoms. The fourth-order valence-corrected chi connectivity index (χ4v) is 3.56. The molecule has 4 aromatic rings. The molecule has 10 heteroatoms. The van der Waals surface area contributed by atoms with Crippen molar-refractivity contribution < 1.29 is 22.7 Å². The summed E-state index contributed by atoms with van der Waals surface area (Å²) < 4.78 is 45.7. The molecule has 7 nitrogen and oxygen atoms in total. The van der Waals surface area contributed by atoms with Crippen LogP contribution >= 0.6 is 0 Å². The third-order valence-electron chi connectivity index (χ3n) is 5.26. The number of pyridine rings is 1. The molecule has 4 rings (SSSR count). The molecule has 2 heterocycles. The number of carbonyl (C=O) groups is 1. The number of ether oxygens (including phenoxy) is 1. The number of amides is 1. The van der Waals surface area contributed by atoms with E-state index >= 15 is 0 Å². The number of halogens is 3. The van der Waals surface area contributed by atoms with E-state index in [4.69, 9.17) is 11.1 Å². The summed E-state index contributed by atoms with van der Waals surface area (Å²) in [6.45, 7) is -2.96. The van der Waals surface area contributed by atoms with Gasteiger partial charge in [-0.3, -0.25) is 9.20 Å². The number of nitrogens with zero attached hydrogens (tertiary/aromatic N) is 2. The number of alkyl halides is 2. The van der Waals surface area contributed by atoms with Gasteiger partial charge in [-0.05, 0) is 42.0 Å². The van der Waals surface area contributed by atoms with Crippen LogP contribution in [0.3, 0.4) is 0 Å². The Morgan fingerprint density at radius 1 is 1.20 bits per heavy atom. The van der Waals surface area contributed by atoms with Crippen molar-refractivity contribution in [1.29, 1.82) is 5.41 Å². The van der Waals surface area contributed by atoms with Crippen LogP contribution in [0, 0.1) is 11.2 Å². The van der Waals surface area contributed by atoms with Crippen LogP contribution in [0.2, 0.25) is 0 Å². The molecule has 0 aliphatic carbocycles. The Hall–Kier alpha value is -4.60. The zero-order valence-electron chi connectivity index (χ0n) is 18.2. The van der Waals surface area contributed by atoms with Gasteiger partial charge in [-0.25, -0.2) is 9.37 Å². The predicted molar refractivity (Wildman–Crippen MR) is 126 cm³/mol. The third kappa shape index (κ3) is 5.16. The van der Waals surface area contributed by atoms with Crippen molar-refractivity contribution >= 4 is 23.3 Å². The van der Waals surface area contributed by atoms with Crippen LogP contribution in [0.15, 0.2) is 73.2 Å². The first-order valence-electron chi connectivity index (χ1n) is 10.4. The molecule has 1 amide bonds. The summed E-state index contributed by atoms with van der Waals surface area (Å²) in [4.78, 5) is 16.9. The average molecular weight is 479 g/mol. The molecule has 0 fully saturated rings. The highest BCUT2D eigenvalue weighted by atomic mass is 19.3. The molecule has 0 aliphatic rings. The lowest BCUT2D eigenvalue weighted by Gasteiger charge is -2.10. The molecule has 0 saturated carbocycles. The average Bonchev–Trinajstić information content (AvgIpc) is 3.26. The SMILES string of the molecule is N=CC(=CN)c1ccc2ncc(-c3ccc(C(=O)NCc4cccc(OC(F)F)c4)c(F)c3)n2c1. The minimum atomic E-state index is -2.96. The van der Waals surface area contributed by atoms with Crippen LogP contribution < -0.4 is 15.8 Å². The van der Waals surface area contributed by atoms with Gasteiger partial charge >= 0.3 is 6.61 Å². The van der Waals surface area contributed by atoms with Gasteiger partial charge in [-0.1, -0.05) is 18.2 Å². The number of fused-ring (bicyclic) bond motifs is 1. The molecule has 2 aromatic carbocycles. The summed E-state index contributed by atoms with van der Waals surface area (Å²) in [6.07, 6.45) is 5.77. The largest absolute Gasteiger partial charge is 0.435 e. The van der Waals surface area contributed by atoms with E-state index in [0.29, 0.717) is 33.6 Å². The first-order valence-corrected chi connectivity index (χ1v) is 10.4. The standard InChI is InChI=1S/C25H20F3N5O2/c26-21-9-16(22-13-31-23-7-5-17(14-33(22)23)18(10-29)11-30)4-6-20(21)24(34)32-12-15-2-1-3-19(8-15)35-25(27)28/h1-11,13-14,25,29H,12,30H2,(H,32,34). The molecule has 0 aliphatic heterocycles. The van der Waals surface area contributed by atoms with Crippen molar-refractivity contribution in [3.8, 4) is 17.0 Å². The molecule has 0 atom stereocenters. The van der Waals surface area contributed by atoms with Gasteiger partial charge in [0.2, 0.25) is 0 Å². The second-order valence-corrected chi connectivity index (χ2v) is 7.46. The number of carbonyl (C=O) groups excluding carboxylic acids is 1. The van der Waals surface area contributed by atoms with Gasteiger partial charge < -0.3 is 21.2 Å². The Morgan fingerprint density at radius 3 is 2.74 bits per heavy atom. The molecule has 0 unspecified atom stereocenters. The number of nitrogens with one attached hydrogen (secondary N) is 2. The van der Waals surface area contributed by atoms with E-state index in [2.05, 4.69) is 15.0 Å². The number of nitrogens with two attached hydrogens (primary N) is 1. The number of rotatable bonds is 8. The van der Waals surface area contributed by atoms with Crippen molar-refractivity contribution in [2.45, 2.75) is 13.2 Å². The van der Waals surface area contributed by atoms with E-state index in [9.17, 15) is 18.0 Å². The minimum Gasteiger partial charge on any atom is -0.435 e. The van der Waals surface area contributed by atoms with Crippen molar-refractivity contribution in [3.63, 3.8) is 0 Å². The van der Waals surface area contributed by atoms with Crippen LogP contribution in [0.4, 0.5) is 13.2 Å². The lowest BCUT2D eigenvalue weighted by atomic mass is 10.1. The van der Waals surface area contributed by atoms with E-state index < -0.39 is 18.3 Å². The maximum Gasteiger partial charge on any atom is 0.387 e. The maximum atomic E-state index is 14.9. The quantitative estimate of drug-likeness (QED) is 0.321. The first-order chi connectivity index (χ1) is 16.9. The second-order valence-electron chi connectivity index (χ2n) is 7.46. The molecule has 4 N–H and O–H groups in total. The minimum absolute atomic E-state index is 0.000507. The molecule has 2 aromatic heterocycles. The van der Waals surface area contributed by atoms with Crippen molar-refractivity contribution in [2.75, 3.05) is 0 Å². The van der Waals surface area contributed by atoms with Crippen molar-refractivity contribution in [3.05, 3.63) is 95.7 Å². The number of hydrogen-bond donors (Lipinski definition) is 3. The topological polar surface area (TPSA) is 106 Å².